The third-order valence-electron chi connectivity index (χ3n) is 4.06. The van der Waals surface area contributed by atoms with Gasteiger partial charge in [0.1, 0.15) is 11.2 Å². The molecule has 2 fully saturated rings. The molecule has 0 amide bonds. The molecular weight excluding hydrogens is 198 g/mol. The summed E-state index contributed by atoms with van der Waals surface area (Å²) in [5.74, 6) is 1.57. The van der Waals surface area contributed by atoms with Crippen molar-refractivity contribution in [3.8, 4) is 6.07 Å². The van der Waals surface area contributed by atoms with E-state index in [0.717, 1.165) is 18.7 Å². The number of hydrogen-bond acceptors (Lipinski definition) is 2. The van der Waals surface area contributed by atoms with Gasteiger partial charge in [0.25, 0.3) is 0 Å². The highest BCUT2D eigenvalue weighted by atomic mass is 15.0. The lowest BCUT2D eigenvalue weighted by molar-refractivity contribution is 0.437. The smallest absolute Gasteiger partial charge is 0.126 e. The quantitative estimate of drug-likeness (QED) is 0.824. The third kappa shape index (κ3) is 1.53. The second kappa shape index (κ2) is 3.62. The van der Waals surface area contributed by atoms with Gasteiger partial charge in [-0.2, -0.15) is 5.26 Å². The Hall–Kier alpha value is -1.30. The van der Waals surface area contributed by atoms with Gasteiger partial charge in [-0.05, 0) is 25.7 Å². The number of nitrogens with zero attached hydrogens (tertiary/aromatic N) is 2. The van der Waals surface area contributed by atoms with Gasteiger partial charge in [-0.1, -0.05) is 19.3 Å². The molecule has 1 aromatic heterocycles. The van der Waals surface area contributed by atoms with Crippen LogP contribution in [0.3, 0.4) is 0 Å². The van der Waals surface area contributed by atoms with Crippen LogP contribution in [-0.4, -0.2) is 9.97 Å². The summed E-state index contributed by atoms with van der Waals surface area (Å²) in [5, 5.41) is 9.12. The van der Waals surface area contributed by atoms with Gasteiger partial charge in [0, 0.05) is 17.8 Å². The number of hydrogen-bond donors (Lipinski definition) is 1. The molecule has 1 heterocycles. The van der Waals surface area contributed by atoms with Crippen molar-refractivity contribution >= 4 is 0 Å². The molecule has 3 heteroatoms. The molecule has 2 saturated carbocycles. The molecule has 84 valence electrons. The molecule has 0 spiro atoms. The molecule has 0 atom stereocenters. The summed E-state index contributed by atoms with van der Waals surface area (Å²) < 4.78 is 0. The van der Waals surface area contributed by atoms with Gasteiger partial charge in [0.2, 0.25) is 0 Å². The molecule has 2 aliphatic carbocycles. The van der Waals surface area contributed by atoms with Crippen molar-refractivity contribution in [3.05, 3.63) is 17.7 Å². The fourth-order valence-electron chi connectivity index (χ4n) is 2.73. The molecule has 16 heavy (non-hydrogen) atoms. The highest BCUT2D eigenvalue weighted by Crippen LogP contribution is 2.46. The van der Waals surface area contributed by atoms with Crippen LogP contribution >= 0.6 is 0 Å². The van der Waals surface area contributed by atoms with Crippen LogP contribution in [0, 0.1) is 11.3 Å². The van der Waals surface area contributed by atoms with Crippen LogP contribution in [0.4, 0.5) is 0 Å². The number of rotatable bonds is 2. The normalized spacial score (nSPS) is 23.9. The standard InChI is InChI=1S/C13H17N3/c14-9-13(6-7-13)12-15-8-11(16-12)10-4-2-1-3-5-10/h8,10H,1-7H2,(H,15,16). The molecule has 3 nitrogen and oxygen atoms in total. The predicted octanol–water partition coefficient (Wildman–Crippen LogP) is 3.01. The minimum atomic E-state index is -0.257. The molecular formula is C13H17N3. The maximum absolute atomic E-state index is 9.12. The molecule has 0 radical (unpaired) electrons. The molecule has 0 aromatic carbocycles. The van der Waals surface area contributed by atoms with Gasteiger partial charge < -0.3 is 4.98 Å². The second-order valence-electron chi connectivity index (χ2n) is 5.22. The van der Waals surface area contributed by atoms with Crippen LogP contribution in [0.2, 0.25) is 0 Å². The van der Waals surface area contributed by atoms with Gasteiger partial charge in [-0.25, -0.2) is 4.98 Å². The summed E-state index contributed by atoms with van der Waals surface area (Å²) in [4.78, 5) is 7.82. The molecule has 0 unspecified atom stereocenters. The van der Waals surface area contributed by atoms with Crippen LogP contribution < -0.4 is 0 Å². The van der Waals surface area contributed by atoms with Gasteiger partial charge >= 0.3 is 0 Å². The maximum atomic E-state index is 9.12. The maximum Gasteiger partial charge on any atom is 0.126 e. The van der Waals surface area contributed by atoms with Crippen LogP contribution in [-0.2, 0) is 5.41 Å². The van der Waals surface area contributed by atoms with E-state index in [9.17, 15) is 0 Å². The Morgan fingerprint density at radius 2 is 2.06 bits per heavy atom. The van der Waals surface area contributed by atoms with E-state index in [2.05, 4.69) is 16.0 Å². The number of imidazole rings is 1. The van der Waals surface area contributed by atoms with E-state index < -0.39 is 0 Å². The molecule has 3 rings (SSSR count). The summed E-state index contributed by atoms with van der Waals surface area (Å²) in [6.45, 7) is 0. The summed E-state index contributed by atoms with van der Waals surface area (Å²) in [7, 11) is 0. The first-order valence-electron chi connectivity index (χ1n) is 6.31. The third-order valence-corrected chi connectivity index (χ3v) is 4.06. The molecule has 0 saturated heterocycles. The average molecular weight is 215 g/mol. The fourth-order valence-corrected chi connectivity index (χ4v) is 2.73. The van der Waals surface area contributed by atoms with Crippen LogP contribution in [0.15, 0.2) is 6.20 Å². The second-order valence-corrected chi connectivity index (χ2v) is 5.22. The fraction of sp³-hybridized carbons (Fsp3) is 0.692. The van der Waals surface area contributed by atoms with Crippen LogP contribution in [0.5, 0.6) is 0 Å². The monoisotopic (exact) mass is 215 g/mol. The summed E-state index contributed by atoms with van der Waals surface area (Å²) in [6, 6.07) is 2.39. The Bertz CT molecular complexity index is 417. The van der Waals surface area contributed by atoms with E-state index in [1.807, 2.05) is 6.20 Å². The van der Waals surface area contributed by atoms with Gasteiger partial charge in [-0.3, -0.25) is 0 Å². The molecule has 2 aliphatic rings. The van der Waals surface area contributed by atoms with Crippen LogP contribution in [0.1, 0.15) is 62.4 Å². The number of aromatic nitrogens is 2. The Morgan fingerprint density at radius 1 is 1.31 bits per heavy atom. The lowest BCUT2D eigenvalue weighted by atomic mass is 9.87. The van der Waals surface area contributed by atoms with Crippen molar-refractivity contribution < 1.29 is 0 Å². The van der Waals surface area contributed by atoms with E-state index in [0.29, 0.717) is 5.92 Å². The zero-order chi connectivity index (χ0) is 11.0. The number of nitriles is 1. The highest BCUT2D eigenvalue weighted by Gasteiger charge is 2.47. The zero-order valence-corrected chi connectivity index (χ0v) is 9.50. The first-order chi connectivity index (χ1) is 7.84. The Labute approximate surface area is 95.9 Å². The highest BCUT2D eigenvalue weighted by molar-refractivity contribution is 5.30. The van der Waals surface area contributed by atoms with Crippen molar-refractivity contribution in [2.45, 2.75) is 56.3 Å². The summed E-state index contributed by atoms with van der Waals surface area (Å²) in [6.07, 6.45) is 10.5. The average Bonchev–Trinajstić information content (AvgIpc) is 3.00. The van der Waals surface area contributed by atoms with Crippen molar-refractivity contribution in [2.24, 2.45) is 0 Å². The van der Waals surface area contributed by atoms with E-state index in [4.69, 9.17) is 5.26 Å². The Balaban J connectivity index is 1.80. The lowest BCUT2D eigenvalue weighted by Crippen LogP contribution is -2.07. The predicted molar refractivity (Wildman–Crippen MR) is 60.9 cm³/mol. The summed E-state index contributed by atoms with van der Waals surface area (Å²) >= 11 is 0. The number of H-pyrrole nitrogens is 1. The molecule has 1 N–H and O–H groups in total. The van der Waals surface area contributed by atoms with E-state index in [-0.39, 0.29) is 5.41 Å². The van der Waals surface area contributed by atoms with Gasteiger partial charge in [0.05, 0.1) is 6.07 Å². The summed E-state index contributed by atoms with van der Waals surface area (Å²) in [5.41, 5.74) is 1.00. The molecule has 0 bridgehead atoms. The van der Waals surface area contributed by atoms with Gasteiger partial charge in [-0.15, -0.1) is 0 Å². The SMILES string of the molecule is N#CC1(c2ncc(C3CCCCC3)[nH]2)CC1. The van der Waals surface area contributed by atoms with Crippen molar-refractivity contribution in [1.82, 2.24) is 9.97 Å². The van der Waals surface area contributed by atoms with Crippen molar-refractivity contribution in [3.63, 3.8) is 0 Å². The zero-order valence-electron chi connectivity index (χ0n) is 9.50. The minimum Gasteiger partial charge on any atom is -0.344 e. The first kappa shape index (κ1) is 9.89. The molecule has 0 aliphatic heterocycles. The van der Waals surface area contributed by atoms with Crippen molar-refractivity contribution in [2.75, 3.05) is 0 Å². The van der Waals surface area contributed by atoms with E-state index in [1.165, 1.54) is 37.8 Å². The van der Waals surface area contributed by atoms with E-state index in [1.54, 1.807) is 0 Å². The lowest BCUT2D eigenvalue weighted by Gasteiger charge is -2.19. The van der Waals surface area contributed by atoms with Crippen LogP contribution in [0.25, 0.3) is 0 Å². The Morgan fingerprint density at radius 3 is 2.69 bits per heavy atom. The van der Waals surface area contributed by atoms with Gasteiger partial charge in [0.15, 0.2) is 0 Å². The Kier molecular flexibility index (Phi) is 2.24. The molecule has 1 aromatic rings. The topological polar surface area (TPSA) is 52.5 Å². The number of aromatic amines is 1. The first-order valence-corrected chi connectivity index (χ1v) is 6.31. The largest absolute Gasteiger partial charge is 0.344 e. The number of nitrogens with one attached hydrogen (secondary N) is 1. The van der Waals surface area contributed by atoms with E-state index >= 15 is 0 Å². The van der Waals surface area contributed by atoms with Crippen molar-refractivity contribution in [1.29, 1.82) is 5.26 Å². The minimum absolute atomic E-state index is 0.257.